The maximum Gasteiger partial charge on any atom is 0.155 e. The van der Waals surface area contributed by atoms with Crippen LogP contribution in [-0.4, -0.2) is 17.7 Å². The largest absolute Gasteiger partial charge is 0.299 e. The number of allylic oxidation sites excluding steroid dienone is 1. The summed E-state index contributed by atoms with van der Waals surface area (Å²) in [6.07, 6.45) is 6.21. The molecule has 0 bridgehead atoms. The highest BCUT2D eigenvalue weighted by Gasteiger charge is 2.57. The Labute approximate surface area is 125 Å². The molecule has 0 spiro atoms. The lowest BCUT2D eigenvalue weighted by atomic mass is 9.52. The molecule has 0 heterocycles. The summed E-state index contributed by atoms with van der Waals surface area (Å²) in [5, 5.41) is 0. The molecule has 4 aliphatic rings. The predicted octanol–water partition coefficient (Wildman–Crippen LogP) is 3.65. The fourth-order valence-corrected chi connectivity index (χ4v) is 5.92. The summed E-state index contributed by atoms with van der Waals surface area (Å²) in [4.78, 5) is 23.9. The number of carbonyl (C=O) groups excluding carboxylic acids is 2. The first kappa shape index (κ1) is 13.7. The highest BCUT2D eigenvalue weighted by atomic mass is 19.1. The average molecular weight is 290 g/mol. The molecule has 0 aromatic rings. The number of alkyl halides is 1. The zero-order chi connectivity index (χ0) is 14.8. The van der Waals surface area contributed by atoms with Crippen molar-refractivity contribution in [2.24, 2.45) is 29.1 Å². The number of fused-ring (bicyclic) bond motifs is 5. The van der Waals surface area contributed by atoms with Crippen molar-refractivity contribution in [2.75, 3.05) is 0 Å². The van der Waals surface area contributed by atoms with Gasteiger partial charge >= 0.3 is 0 Å². The number of hydrogen-bond acceptors (Lipinski definition) is 2. The molecule has 3 fully saturated rings. The zero-order valence-corrected chi connectivity index (χ0v) is 12.6. The second-order valence-electron chi connectivity index (χ2n) is 7.81. The van der Waals surface area contributed by atoms with Gasteiger partial charge in [0.1, 0.15) is 12.0 Å². The third-order valence-electron chi connectivity index (χ3n) is 7.02. The maximum absolute atomic E-state index is 14.6. The van der Waals surface area contributed by atoms with Gasteiger partial charge in [-0.1, -0.05) is 6.92 Å². The quantitative estimate of drug-likeness (QED) is 0.682. The first-order chi connectivity index (χ1) is 10.0. The molecule has 0 amide bonds. The smallest absolute Gasteiger partial charge is 0.155 e. The molecule has 0 aromatic carbocycles. The van der Waals surface area contributed by atoms with Gasteiger partial charge in [-0.05, 0) is 67.4 Å². The highest BCUT2D eigenvalue weighted by Crippen LogP contribution is 2.60. The Hall–Kier alpha value is -0.990. The molecule has 2 nitrogen and oxygen atoms in total. The van der Waals surface area contributed by atoms with Crippen molar-refractivity contribution in [1.29, 1.82) is 0 Å². The fourth-order valence-electron chi connectivity index (χ4n) is 5.92. The molecule has 0 aliphatic heterocycles. The molecule has 1 unspecified atom stereocenters. The van der Waals surface area contributed by atoms with Gasteiger partial charge in [0, 0.05) is 18.3 Å². The average Bonchev–Trinajstić information content (AvgIpc) is 2.76. The zero-order valence-electron chi connectivity index (χ0n) is 12.6. The van der Waals surface area contributed by atoms with Crippen LogP contribution in [0, 0.1) is 29.1 Å². The van der Waals surface area contributed by atoms with E-state index in [4.69, 9.17) is 0 Å². The Morgan fingerprint density at radius 3 is 2.76 bits per heavy atom. The molecule has 0 saturated heterocycles. The standard InChI is InChI=1S/C18H23FO2/c1-18-7-6-12-11-3-2-10(20)8-14(11)16(19)9-13(12)15(18)4-5-17(18)21/h8,11-13,15-16H,2-7,9H2,1H3/t11-,12-,13-,15+,16-,18?/m1/s1. The molecular formula is C18H23FO2. The van der Waals surface area contributed by atoms with Gasteiger partial charge < -0.3 is 0 Å². The second kappa shape index (κ2) is 4.50. The summed E-state index contributed by atoms with van der Waals surface area (Å²) >= 11 is 0. The molecule has 21 heavy (non-hydrogen) atoms. The summed E-state index contributed by atoms with van der Waals surface area (Å²) in [5.74, 6) is 1.99. The number of Topliss-reactive ketones (excluding diaryl/α,β-unsaturated/α-hetero) is 1. The van der Waals surface area contributed by atoms with Crippen molar-refractivity contribution in [1.82, 2.24) is 0 Å². The van der Waals surface area contributed by atoms with Crippen LogP contribution in [0.3, 0.4) is 0 Å². The minimum atomic E-state index is -0.960. The van der Waals surface area contributed by atoms with Gasteiger partial charge in [0.2, 0.25) is 0 Å². The Kier molecular flexibility index (Phi) is 2.93. The summed E-state index contributed by atoms with van der Waals surface area (Å²) in [5.41, 5.74) is 0.590. The van der Waals surface area contributed by atoms with Crippen molar-refractivity contribution in [3.63, 3.8) is 0 Å². The van der Waals surface area contributed by atoms with Crippen LogP contribution in [0.4, 0.5) is 4.39 Å². The Balaban J connectivity index is 1.68. The van der Waals surface area contributed by atoms with Gasteiger partial charge in [-0.2, -0.15) is 0 Å². The van der Waals surface area contributed by atoms with Crippen molar-refractivity contribution < 1.29 is 14.0 Å². The third kappa shape index (κ3) is 1.82. The topological polar surface area (TPSA) is 34.1 Å². The summed E-state index contributed by atoms with van der Waals surface area (Å²) < 4.78 is 14.6. The molecule has 4 aliphatic carbocycles. The SMILES string of the molecule is CC12CC[C@H]3[C@@H](C[C@@H](F)C4=CC(=O)CC[C@@H]43)[C@@H]1CCC2=O. The van der Waals surface area contributed by atoms with Gasteiger partial charge in [0.25, 0.3) is 0 Å². The van der Waals surface area contributed by atoms with Crippen LogP contribution < -0.4 is 0 Å². The Morgan fingerprint density at radius 2 is 1.95 bits per heavy atom. The predicted molar refractivity (Wildman–Crippen MR) is 77.4 cm³/mol. The van der Waals surface area contributed by atoms with E-state index in [1.165, 1.54) is 0 Å². The van der Waals surface area contributed by atoms with Crippen LogP contribution in [0.15, 0.2) is 11.6 Å². The van der Waals surface area contributed by atoms with Gasteiger partial charge in [-0.15, -0.1) is 0 Å². The minimum absolute atomic E-state index is 0.0963. The third-order valence-corrected chi connectivity index (χ3v) is 7.02. The Morgan fingerprint density at radius 1 is 1.14 bits per heavy atom. The van der Waals surface area contributed by atoms with Crippen molar-refractivity contribution >= 4 is 11.6 Å². The fraction of sp³-hybridized carbons (Fsp3) is 0.778. The van der Waals surface area contributed by atoms with E-state index < -0.39 is 6.17 Å². The van der Waals surface area contributed by atoms with Crippen LogP contribution in [0.5, 0.6) is 0 Å². The number of carbonyl (C=O) groups is 2. The van der Waals surface area contributed by atoms with Gasteiger partial charge in [-0.3, -0.25) is 9.59 Å². The minimum Gasteiger partial charge on any atom is -0.299 e. The molecule has 6 atom stereocenters. The van der Waals surface area contributed by atoms with E-state index in [1.54, 1.807) is 6.08 Å². The van der Waals surface area contributed by atoms with E-state index in [2.05, 4.69) is 6.92 Å². The lowest BCUT2D eigenvalue weighted by Gasteiger charge is -2.52. The molecule has 0 radical (unpaired) electrons. The highest BCUT2D eigenvalue weighted by molar-refractivity contribution is 5.91. The van der Waals surface area contributed by atoms with Crippen molar-refractivity contribution in [2.45, 2.75) is 58.0 Å². The summed E-state index contributed by atoms with van der Waals surface area (Å²) in [6.45, 7) is 2.12. The van der Waals surface area contributed by atoms with Gasteiger partial charge in [-0.25, -0.2) is 4.39 Å². The van der Waals surface area contributed by atoms with Crippen LogP contribution in [-0.2, 0) is 9.59 Å². The molecule has 114 valence electrons. The van der Waals surface area contributed by atoms with Crippen LogP contribution in [0.1, 0.15) is 51.9 Å². The molecule has 3 heteroatoms. The van der Waals surface area contributed by atoms with Crippen molar-refractivity contribution in [3.8, 4) is 0 Å². The van der Waals surface area contributed by atoms with E-state index in [9.17, 15) is 14.0 Å². The van der Waals surface area contributed by atoms with Crippen molar-refractivity contribution in [3.05, 3.63) is 11.6 Å². The monoisotopic (exact) mass is 290 g/mol. The van der Waals surface area contributed by atoms with E-state index in [0.717, 1.165) is 31.3 Å². The first-order valence-corrected chi connectivity index (χ1v) is 8.42. The Bertz CT molecular complexity index is 537. The first-order valence-electron chi connectivity index (χ1n) is 8.42. The van der Waals surface area contributed by atoms with E-state index in [0.29, 0.717) is 42.8 Å². The molecule has 3 saturated carbocycles. The molecule has 0 N–H and O–H groups in total. The van der Waals surface area contributed by atoms with E-state index >= 15 is 0 Å². The number of rotatable bonds is 0. The normalized spacial score (nSPS) is 49.2. The van der Waals surface area contributed by atoms with E-state index in [1.807, 2.05) is 0 Å². The van der Waals surface area contributed by atoms with Gasteiger partial charge in [0.15, 0.2) is 5.78 Å². The summed E-state index contributed by atoms with van der Waals surface area (Å²) in [7, 11) is 0. The molecule has 0 aromatic heterocycles. The number of halogens is 1. The second-order valence-corrected chi connectivity index (χ2v) is 7.81. The molecule has 4 rings (SSSR count). The number of ketones is 2. The molecular weight excluding hydrogens is 267 g/mol. The number of hydrogen-bond donors (Lipinski definition) is 0. The van der Waals surface area contributed by atoms with Gasteiger partial charge in [0.05, 0.1) is 0 Å². The van der Waals surface area contributed by atoms with E-state index in [-0.39, 0.29) is 17.1 Å². The lowest BCUT2D eigenvalue weighted by Crippen LogP contribution is -2.49. The van der Waals surface area contributed by atoms with Crippen LogP contribution in [0.2, 0.25) is 0 Å². The maximum atomic E-state index is 14.6. The van der Waals surface area contributed by atoms with Crippen LogP contribution >= 0.6 is 0 Å². The van der Waals surface area contributed by atoms with Crippen LogP contribution in [0.25, 0.3) is 0 Å². The summed E-state index contributed by atoms with van der Waals surface area (Å²) in [6, 6.07) is 0. The lowest BCUT2D eigenvalue weighted by molar-refractivity contribution is -0.131.